The highest BCUT2D eigenvalue weighted by molar-refractivity contribution is 6.06. The molecule has 11 nitrogen and oxygen atoms in total. The molecule has 3 aromatic rings. The number of carbonyl (C=O) groups excluding carboxylic acids is 1. The van der Waals surface area contributed by atoms with Gasteiger partial charge in [0.15, 0.2) is 0 Å². The van der Waals surface area contributed by atoms with Crippen molar-refractivity contribution >= 4 is 34.9 Å². The summed E-state index contributed by atoms with van der Waals surface area (Å²) < 4.78 is 7.40. The van der Waals surface area contributed by atoms with E-state index in [-0.39, 0.29) is 12.4 Å². The van der Waals surface area contributed by atoms with E-state index in [1.54, 1.807) is 4.68 Å². The number of fused-ring (bicyclic) bond motifs is 1. The lowest BCUT2D eigenvalue weighted by atomic mass is 10.2. The fourth-order valence-electron chi connectivity index (χ4n) is 3.52. The SMILES string of the molecule is CCOc1nc(N2CC[C@H](NC)C2)ncc1C(=O)Nc1ccc2nn(C)cc2c1.O=CO. The van der Waals surface area contributed by atoms with Crippen LogP contribution in [0, 0.1) is 0 Å². The number of amides is 1. The van der Waals surface area contributed by atoms with Gasteiger partial charge in [0.1, 0.15) is 5.56 Å². The monoisotopic (exact) mass is 441 g/mol. The number of hydrogen-bond donors (Lipinski definition) is 3. The molecule has 1 amide bonds. The molecule has 32 heavy (non-hydrogen) atoms. The number of aryl methyl sites for hydroxylation is 1. The molecule has 0 unspecified atom stereocenters. The van der Waals surface area contributed by atoms with Crippen LogP contribution in [0.2, 0.25) is 0 Å². The third-order valence-corrected chi connectivity index (χ3v) is 5.02. The summed E-state index contributed by atoms with van der Waals surface area (Å²) in [7, 11) is 3.82. The first kappa shape index (κ1) is 22.9. The van der Waals surface area contributed by atoms with Crippen LogP contribution in [-0.4, -0.2) is 70.0 Å². The fraction of sp³-hybridized carbons (Fsp3) is 0.381. The second kappa shape index (κ2) is 10.5. The lowest BCUT2D eigenvalue weighted by Crippen LogP contribution is -2.30. The highest BCUT2D eigenvalue weighted by Gasteiger charge is 2.25. The summed E-state index contributed by atoms with van der Waals surface area (Å²) in [5.74, 6) is 0.572. The molecule has 0 bridgehead atoms. The maximum absolute atomic E-state index is 12.9. The van der Waals surface area contributed by atoms with Crippen LogP contribution in [0.1, 0.15) is 23.7 Å². The van der Waals surface area contributed by atoms with Crippen LogP contribution in [0.4, 0.5) is 11.6 Å². The van der Waals surface area contributed by atoms with Crippen molar-refractivity contribution in [3.8, 4) is 5.88 Å². The van der Waals surface area contributed by atoms with Gasteiger partial charge in [-0.25, -0.2) is 4.98 Å². The molecule has 2 aromatic heterocycles. The van der Waals surface area contributed by atoms with Gasteiger partial charge in [-0.15, -0.1) is 0 Å². The zero-order valence-corrected chi connectivity index (χ0v) is 18.3. The number of carboxylic acid groups (broad SMARTS) is 1. The van der Waals surface area contributed by atoms with Gasteiger partial charge in [0.2, 0.25) is 11.8 Å². The Labute approximate surface area is 185 Å². The number of likely N-dealkylation sites (N-methyl/N-ethyl adjacent to an activating group) is 1. The van der Waals surface area contributed by atoms with Gasteiger partial charge in [-0.1, -0.05) is 0 Å². The van der Waals surface area contributed by atoms with Crippen molar-refractivity contribution in [2.75, 3.05) is 37.0 Å². The van der Waals surface area contributed by atoms with E-state index in [1.165, 1.54) is 6.20 Å². The largest absolute Gasteiger partial charge is 0.483 e. The minimum atomic E-state index is -0.308. The van der Waals surface area contributed by atoms with Gasteiger partial charge in [0.05, 0.1) is 12.1 Å². The van der Waals surface area contributed by atoms with Crippen LogP contribution in [0.15, 0.2) is 30.6 Å². The average Bonchev–Trinajstić information content (AvgIpc) is 3.40. The number of anilines is 2. The maximum Gasteiger partial charge on any atom is 0.290 e. The smallest absolute Gasteiger partial charge is 0.290 e. The number of nitrogens with zero attached hydrogens (tertiary/aromatic N) is 5. The number of carbonyl (C=O) groups is 2. The molecular weight excluding hydrogens is 414 g/mol. The summed E-state index contributed by atoms with van der Waals surface area (Å²) in [4.78, 5) is 32.3. The van der Waals surface area contributed by atoms with E-state index in [4.69, 9.17) is 14.6 Å². The number of hydrogen-bond acceptors (Lipinski definition) is 8. The molecule has 170 valence electrons. The summed E-state index contributed by atoms with van der Waals surface area (Å²) in [6.07, 6.45) is 4.48. The standard InChI is InChI=1S/C20H25N7O2.CH2O2/c1-4-29-19-16(10-22-20(24-19)27-8-7-15(12-27)21-2)18(28)23-14-5-6-17-13(9-14)11-26(3)25-17;2-1-3/h5-6,9-11,15,21H,4,7-8,12H2,1-3H3,(H,23,28);1H,(H,2,3)/t15-;/m0./s1. The third kappa shape index (κ3) is 5.30. The van der Waals surface area contributed by atoms with Gasteiger partial charge in [-0.3, -0.25) is 14.3 Å². The lowest BCUT2D eigenvalue weighted by molar-refractivity contribution is -0.122. The number of nitrogens with one attached hydrogen (secondary N) is 2. The highest BCUT2D eigenvalue weighted by Crippen LogP contribution is 2.24. The van der Waals surface area contributed by atoms with Gasteiger partial charge in [0.25, 0.3) is 12.4 Å². The number of rotatable bonds is 6. The Morgan fingerprint density at radius 3 is 2.88 bits per heavy atom. The highest BCUT2D eigenvalue weighted by atomic mass is 16.5. The molecule has 0 radical (unpaired) electrons. The molecule has 0 aliphatic carbocycles. The van der Waals surface area contributed by atoms with Gasteiger partial charge >= 0.3 is 0 Å². The van der Waals surface area contributed by atoms with Crippen LogP contribution < -0.4 is 20.3 Å². The first-order valence-electron chi connectivity index (χ1n) is 10.2. The van der Waals surface area contributed by atoms with E-state index in [2.05, 4.69) is 30.6 Å². The molecule has 4 rings (SSSR count). The van der Waals surface area contributed by atoms with Crippen molar-refractivity contribution in [2.45, 2.75) is 19.4 Å². The first-order chi connectivity index (χ1) is 15.5. The van der Waals surface area contributed by atoms with E-state index in [1.807, 2.05) is 45.4 Å². The maximum atomic E-state index is 12.9. The summed E-state index contributed by atoms with van der Waals surface area (Å²) in [6, 6.07) is 6.00. The van der Waals surface area contributed by atoms with Crippen molar-refractivity contribution in [1.82, 2.24) is 25.1 Å². The zero-order chi connectivity index (χ0) is 23.1. The number of aromatic nitrogens is 4. The normalized spacial score (nSPS) is 15.2. The zero-order valence-electron chi connectivity index (χ0n) is 18.3. The quantitative estimate of drug-likeness (QED) is 0.487. The molecule has 1 aromatic carbocycles. The van der Waals surface area contributed by atoms with Crippen molar-refractivity contribution in [3.63, 3.8) is 0 Å². The van der Waals surface area contributed by atoms with Crippen LogP contribution in [0.25, 0.3) is 10.9 Å². The van der Waals surface area contributed by atoms with Crippen molar-refractivity contribution in [3.05, 3.63) is 36.2 Å². The molecule has 0 spiro atoms. The Balaban J connectivity index is 0.000000913. The van der Waals surface area contributed by atoms with Crippen molar-refractivity contribution < 1.29 is 19.4 Å². The number of ether oxygens (including phenoxy) is 1. The van der Waals surface area contributed by atoms with E-state index >= 15 is 0 Å². The lowest BCUT2D eigenvalue weighted by Gasteiger charge is -2.18. The van der Waals surface area contributed by atoms with Crippen LogP contribution >= 0.6 is 0 Å². The second-order valence-electron chi connectivity index (χ2n) is 7.18. The summed E-state index contributed by atoms with van der Waals surface area (Å²) in [5, 5.41) is 18.4. The minimum absolute atomic E-state index is 0.250. The van der Waals surface area contributed by atoms with Gasteiger partial charge < -0.3 is 25.4 Å². The summed E-state index contributed by atoms with van der Waals surface area (Å²) in [6.45, 7) is 3.73. The minimum Gasteiger partial charge on any atom is -0.483 e. The average molecular weight is 441 g/mol. The van der Waals surface area contributed by atoms with E-state index < -0.39 is 0 Å². The Kier molecular flexibility index (Phi) is 7.55. The summed E-state index contributed by atoms with van der Waals surface area (Å²) in [5.41, 5.74) is 1.86. The molecule has 1 atom stereocenters. The Hall–Kier alpha value is -3.73. The third-order valence-electron chi connectivity index (χ3n) is 5.02. The van der Waals surface area contributed by atoms with Crippen LogP contribution in [-0.2, 0) is 11.8 Å². The fourth-order valence-corrected chi connectivity index (χ4v) is 3.52. The van der Waals surface area contributed by atoms with E-state index in [9.17, 15) is 4.79 Å². The van der Waals surface area contributed by atoms with Gasteiger partial charge in [-0.2, -0.15) is 10.1 Å². The molecule has 1 saturated heterocycles. The molecular formula is C21H27N7O4. The molecule has 0 saturated carbocycles. The molecule has 3 heterocycles. The molecule has 11 heteroatoms. The predicted octanol–water partition coefficient (Wildman–Crippen LogP) is 1.51. The topological polar surface area (TPSA) is 134 Å². The molecule has 1 aliphatic rings. The second-order valence-corrected chi connectivity index (χ2v) is 7.18. The molecule has 1 fully saturated rings. The van der Waals surface area contributed by atoms with Gasteiger partial charge in [0, 0.05) is 49.6 Å². The van der Waals surface area contributed by atoms with Crippen molar-refractivity contribution in [2.24, 2.45) is 7.05 Å². The summed E-state index contributed by atoms with van der Waals surface area (Å²) >= 11 is 0. The van der Waals surface area contributed by atoms with Gasteiger partial charge in [-0.05, 0) is 38.6 Å². The predicted molar refractivity (Wildman–Crippen MR) is 120 cm³/mol. The molecule has 1 aliphatic heterocycles. The Morgan fingerprint density at radius 2 is 2.19 bits per heavy atom. The van der Waals surface area contributed by atoms with E-state index in [0.717, 1.165) is 30.4 Å². The Bertz CT molecular complexity index is 1090. The van der Waals surface area contributed by atoms with E-state index in [0.29, 0.717) is 35.7 Å². The van der Waals surface area contributed by atoms with Crippen LogP contribution in [0.5, 0.6) is 5.88 Å². The van der Waals surface area contributed by atoms with Crippen LogP contribution in [0.3, 0.4) is 0 Å². The van der Waals surface area contributed by atoms with Crippen molar-refractivity contribution in [1.29, 1.82) is 0 Å². The molecule has 3 N–H and O–H groups in total. The first-order valence-corrected chi connectivity index (χ1v) is 10.2. The Morgan fingerprint density at radius 1 is 1.41 bits per heavy atom. The number of benzene rings is 1.